The van der Waals surface area contributed by atoms with E-state index in [0.29, 0.717) is 12.6 Å². The highest BCUT2D eigenvalue weighted by Gasteiger charge is 2.24. The molecular formula is C20H25N3O. The molecule has 3 rings (SSSR count). The Kier molecular flexibility index (Phi) is 5.04. The fraction of sp³-hybridized carbons (Fsp3) is 0.350. The summed E-state index contributed by atoms with van der Waals surface area (Å²) in [5.41, 5.74) is 4.47. The Hall–Kier alpha value is -2.49. The molecule has 2 N–H and O–H groups in total. The molecule has 4 nitrogen and oxygen atoms in total. The normalized spacial score (nSPS) is 16.9. The van der Waals surface area contributed by atoms with Crippen LogP contribution < -0.4 is 15.5 Å². The fourth-order valence-corrected chi connectivity index (χ4v) is 3.21. The molecule has 0 aliphatic carbocycles. The van der Waals surface area contributed by atoms with Crippen LogP contribution in [0.25, 0.3) is 0 Å². The van der Waals surface area contributed by atoms with E-state index >= 15 is 0 Å². The summed E-state index contributed by atoms with van der Waals surface area (Å²) < 4.78 is 0. The van der Waals surface area contributed by atoms with E-state index in [2.05, 4.69) is 53.6 Å². The van der Waals surface area contributed by atoms with E-state index < -0.39 is 0 Å². The Bertz CT molecular complexity index is 699. The van der Waals surface area contributed by atoms with Gasteiger partial charge in [-0.2, -0.15) is 0 Å². The summed E-state index contributed by atoms with van der Waals surface area (Å²) in [5.74, 6) is 0. The number of amides is 2. The van der Waals surface area contributed by atoms with Gasteiger partial charge >= 0.3 is 6.03 Å². The molecule has 126 valence electrons. The lowest BCUT2D eigenvalue weighted by Gasteiger charge is -2.27. The third kappa shape index (κ3) is 3.88. The summed E-state index contributed by atoms with van der Waals surface area (Å²) in [5, 5.41) is 5.94. The smallest absolute Gasteiger partial charge is 0.319 e. The van der Waals surface area contributed by atoms with Crippen molar-refractivity contribution in [2.24, 2.45) is 0 Å². The molecule has 2 aromatic carbocycles. The molecular weight excluding hydrogens is 298 g/mol. The van der Waals surface area contributed by atoms with Crippen molar-refractivity contribution in [1.82, 2.24) is 5.32 Å². The molecule has 0 saturated carbocycles. The fourth-order valence-electron chi connectivity index (χ4n) is 3.21. The summed E-state index contributed by atoms with van der Waals surface area (Å²) in [6, 6.07) is 16.6. The van der Waals surface area contributed by atoms with Gasteiger partial charge in [-0.05, 0) is 62.1 Å². The van der Waals surface area contributed by atoms with Crippen molar-refractivity contribution in [1.29, 1.82) is 0 Å². The predicted molar refractivity (Wildman–Crippen MR) is 99.7 cm³/mol. The minimum Gasteiger partial charge on any atom is -0.367 e. The minimum absolute atomic E-state index is 0.141. The number of carbonyl (C=O) groups excluding carboxylic acids is 1. The zero-order chi connectivity index (χ0) is 16.9. The van der Waals surface area contributed by atoms with Gasteiger partial charge in [-0.1, -0.05) is 24.3 Å². The van der Waals surface area contributed by atoms with Crippen molar-refractivity contribution in [2.75, 3.05) is 23.3 Å². The number of anilines is 2. The average Bonchev–Trinajstić information content (AvgIpc) is 3.06. The lowest BCUT2D eigenvalue weighted by atomic mass is 10.1. The third-order valence-corrected chi connectivity index (χ3v) is 4.73. The lowest BCUT2D eigenvalue weighted by Crippen LogP contribution is -2.41. The van der Waals surface area contributed by atoms with E-state index in [1.165, 1.54) is 23.2 Å². The second-order valence-corrected chi connectivity index (χ2v) is 6.46. The molecule has 0 radical (unpaired) electrons. The van der Waals surface area contributed by atoms with E-state index in [1.54, 1.807) is 0 Å². The van der Waals surface area contributed by atoms with Crippen LogP contribution in [0.1, 0.15) is 24.0 Å². The standard InChI is InChI=1S/C20H25N3O/c1-15-10-11-17(13-16(15)2)22-20(24)21-14-19-9-6-12-23(19)18-7-4-3-5-8-18/h3-5,7-8,10-11,13,19H,6,9,12,14H2,1-2H3,(H2,21,22,24). The second kappa shape index (κ2) is 7.39. The van der Waals surface area contributed by atoms with Crippen molar-refractivity contribution in [2.45, 2.75) is 32.7 Å². The summed E-state index contributed by atoms with van der Waals surface area (Å²) >= 11 is 0. The first kappa shape index (κ1) is 16.4. The van der Waals surface area contributed by atoms with Gasteiger partial charge < -0.3 is 15.5 Å². The Morgan fingerprint density at radius 2 is 1.92 bits per heavy atom. The first-order valence-corrected chi connectivity index (χ1v) is 8.57. The number of hydrogen-bond acceptors (Lipinski definition) is 2. The van der Waals surface area contributed by atoms with E-state index in [0.717, 1.165) is 18.7 Å². The Labute approximate surface area is 143 Å². The Morgan fingerprint density at radius 1 is 1.12 bits per heavy atom. The maximum atomic E-state index is 12.2. The number of para-hydroxylation sites is 1. The van der Waals surface area contributed by atoms with Gasteiger partial charge in [0, 0.05) is 30.5 Å². The molecule has 0 bridgehead atoms. The van der Waals surface area contributed by atoms with Crippen LogP contribution >= 0.6 is 0 Å². The molecule has 24 heavy (non-hydrogen) atoms. The van der Waals surface area contributed by atoms with Crippen LogP contribution in [-0.2, 0) is 0 Å². The summed E-state index contributed by atoms with van der Waals surface area (Å²) in [6.07, 6.45) is 2.28. The zero-order valence-electron chi connectivity index (χ0n) is 14.4. The van der Waals surface area contributed by atoms with E-state index in [1.807, 2.05) is 24.3 Å². The van der Waals surface area contributed by atoms with Crippen LogP contribution in [-0.4, -0.2) is 25.2 Å². The minimum atomic E-state index is -0.141. The van der Waals surface area contributed by atoms with E-state index in [9.17, 15) is 4.79 Å². The van der Waals surface area contributed by atoms with E-state index in [-0.39, 0.29) is 6.03 Å². The van der Waals surface area contributed by atoms with Crippen molar-refractivity contribution in [3.05, 3.63) is 59.7 Å². The Balaban J connectivity index is 1.54. The summed E-state index contributed by atoms with van der Waals surface area (Å²) in [7, 11) is 0. The molecule has 1 aliphatic rings. The number of aryl methyl sites for hydroxylation is 2. The number of nitrogens with zero attached hydrogens (tertiary/aromatic N) is 1. The molecule has 1 unspecified atom stereocenters. The van der Waals surface area contributed by atoms with Crippen LogP contribution in [0, 0.1) is 13.8 Å². The highest BCUT2D eigenvalue weighted by molar-refractivity contribution is 5.89. The summed E-state index contributed by atoms with van der Waals surface area (Å²) in [6.45, 7) is 5.83. The van der Waals surface area contributed by atoms with Crippen LogP contribution in [0.15, 0.2) is 48.5 Å². The average molecular weight is 323 g/mol. The quantitative estimate of drug-likeness (QED) is 0.890. The zero-order valence-corrected chi connectivity index (χ0v) is 14.4. The van der Waals surface area contributed by atoms with Crippen molar-refractivity contribution in [3.8, 4) is 0 Å². The molecule has 1 atom stereocenters. The molecule has 0 aromatic heterocycles. The highest BCUT2D eigenvalue weighted by atomic mass is 16.2. The largest absolute Gasteiger partial charge is 0.367 e. The van der Waals surface area contributed by atoms with Gasteiger partial charge in [0.1, 0.15) is 0 Å². The number of benzene rings is 2. The van der Waals surface area contributed by atoms with Gasteiger partial charge in [-0.25, -0.2) is 4.79 Å². The maximum absolute atomic E-state index is 12.2. The SMILES string of the molecule is Cc1ccc(NC(=O)NCC2CCCN2c2ccccc2)cc1C. The van der Waals surface area contributed by atoms with E-state index in [4.69, 9.17) is 0 Å². The van der Waals surface area contributed by atoms with Crippen LogP contribution in [0.2, 0.25) is 0 Å². The third-order valence-electron chi connectivity index (χ3n) is 4.73. The first-order valence-electron chi connectivity index (χ1n) is 8.57. The first-order chi connectivity index (χ1) is 11.6. The van der Waals surface area contributed by atoms with Gasteiger partial charge in [0.05, 0.1) is 0 Å². The maximum Gasteiger partial charge on any atom is 0.319 e. The number of hydrogen-bond donors (Lipinski definition) is 2. The molecule has 1 aliphatic heterocycles. The molecule has 4 heteroatoms. The topological polar surface area (TPSA) is 44.4 Å². The number of urea groups is 1. The van der Waals surface area contributed by atoms with Gasteiger partial charge in [-0.15, -0.1) is 0 Å². The molecule has 0 spiro atoms. The van der Waals surface area contributed by atoms with Crippen molar-refractivity contribution >= 4 is 17.4 Å². The lowest BCUT2D eigenvalue weighted by molar-refractivity contribution is 0.251. The second-order valence-electron chi connectivity index (χ2n) is 6.46. The van der Waals surface area contributed by atoms with Crippen molar-refractivity contribution in [3.63, 3.8) is 0 Å². The number of carbonyl (C=O) groups is 1. The van der Waals surface area contributed by atoms with Crippen LogP contribution in [0.3, 0.4) is 0 Å². The molecule has 2 amide bonds. The van der Waals surface area contributed by atoms with Gasteiger partial charge in [-0.3, -0.25) is 0 Å². The monoisotopic (exact) mass is 323 g/mol. The van der Waals surface area contributed by atoms with Gasteiger partial charge in [0.15, 0.2) is 0 Å². The highest BCUT2D eigenvalue weighted by Crippen LogP contribution is 2.24. The van der Waals surface area contributed by atoms with Gasteiger partial charge in [0.2, 0.25) is 0 Å². The number of nitrogens with one attached hydrogen (secondary N) is 2. The van der Waals surface area contributed by atoms with Gasteiger partial charge in [0.25, 0.3) is 0 Å². The predicted octanol–water partition coefficient (Wildman–Crippen LogP) is 4.09. The molecule has 1 saturated heterocycles. The molecule has 1 fully saturated rings. The molecule has 1 heterocycles. The Morgan fingerprint density at radius 3 is 2.67 bits per heavy atom. The van der Waals surface area contributed by atoms with Crippen LogP contribution in [0.5, 0.6) is 0 Å². The van der Waals surface area contributed by atoms with Crippen molar-refractivity contribution < 1.29 is 4.79 Å². The summed E-state index contributed by atoms with van der Waals surface area (Å²) in [4.78, 5) is 14.6. The number of rotatable bonds is 4. The van der Waals surface area contributed by atoms with Crippen LogP contribution in [0.4, 0.5) is 16.2 Å². The molecule has 2 aromatic rings.